The van der Waals surface area contributed by atoms with Gasteiger partial charge in [0.15, 0.2) is 11.5 Å². The highest BCUT2D eigenvalue weighted by atomic mass is 35.5. The van der Waals surface area contributed by atoms with Crippen LogP contribution in [0.4, 0.5) is 4.39 Å². The van der Waals surface area contributed by atoms with Crippen molar-refractivity contribution in [3.8, 4) is 11.5 Å². The molecular weight excluding hydrogens is 279 g/mol. The van der Waals surface area contributed by atoms with Gasteiger partial charge in [0.25, 0.3) is 0 Å². The molecule has 0 spiro atoms. The van der Waals surface area contributed by atoms with Crippen LogP contribution in [0.1, 0.15) is 22.1 Å². The number of hydrogen-bond acceptors (Lipinski definition) is 2. The second kappa shape index (κ2) is 6.14. The third-order valence-electron chi connectivity index (χ3n) is 3.13. The van der Waals surface area contributed by atoms with Crippen LogP contribution in [0.2, 0.25) is 0 Å². The van der Waals surface area contributed by atoms with E-state index in [1.165, 1.54) is 6.07 Å². The lowest BCUT2D eigenvalue weighted by Gasteiger charge is -2.14. The Morgan fingerprint density at radius 2 is 1.70 bits per heavy atom. The Morgan fingerprint density at radius 1 is 1.00 bits per heavy atom. The average Bonchev–Trinajstić information content (AvgIpc) is 2.45. The Morgan fingerprint density at radius 3 is 2.30 bits per heavy atom. The van der Waals surface area contributed by atoms with Crippen LogP contribution in [0.25, 0.3) is 0 Å². The molecule has 0 aromatic heterocycles. The first-order valence-corrected chi connectivity index (χ1v) is 6.62. The van der Waals surface area contributed by atoms with Gasteiger partial charge in [0.1, 0.15) is 5.82 Å². The van der Waals surface area contributed by atoms with Crippen LogP contribution in [0.3, 0.4) is 0 Å². The van der Waals surface area contributed by atoms with Crippen LogP contribution >= 0.6 is 11.6 Å². The van der Waals surface area contributed by atoms with E-state index in [2.05, 4.69) is 0 Å². The van der Waals surface area contributed by atoms with Gasteiger partial charge < -0.3 is 9.47 Å². The number of methoxy groups -OCH3 is 2. The number of halogens is 2. The number of benzene rings is 2. The van der Waals surface area contributed by atoms with Crippen LogP contribution in [-0.2, 0) is 0 Å². The van der Waals surface area contributed by atoms with Crippen LogP contribution in [0.15, 0.2) is 36.4 Å². The van der Waals surface area contributed by atoms with Gasteiger partial charge in [0.2, 0.25) is 0 Å². The molecule has 0 fully saturated rings. The standard InChI is InChI=1S/C16H16ClFO2/c1-10-4-6-12(13(18)8-10)16(17)11-5-7-14(19-2)15(9-11)20-3/h4-9,16H,1-3H3. The zero-order chi connectivity index (χ0) is 14.7. The summed E-state index contributed by atoms with van der Waals surface area (Å²) in [5.74, 6) is 0.882. The van der Waals surface area contributed by atoms with Crippen molar-refractivity contribution in [2.75, 3.05) is 14.2 Å². The minimum absolute atomic E-state index is 0.306. The fraction of sp³-hybridized carbons (Fsp3) is 0.250. The molecule has 0 heterocycles. The molecule has 2 aromatic carbocycles. The lowest BCUT2D eigenvalue weighted by molar-refractivity contribution is 0.354. The zero-order valence-electron chi connectivity index (χ0n) is 11.6. The van der Waals surface area contributed by atoms with Gasteiger partial charge in [0, 0.05) is 5.56 Å². The van der Waals surface area contributed by atoms with Gasteiger partial charge >= 0.3 is 0 Å². The number of rotatable bonds is 4. The molecule has 2 rings (SSSR count). The predicted octanol–water partition coefficient (Wildman–Crippen LogP) is 4.48. The first-order chi connectivity index (χ1) is 9.56. The lowest BCUT2D eigenvalue weighted by atomic mass is 10.0. The lowest BCUT2D eigenvalue weighted by Crippen LogP contribution is -1.99. The average molecular weight is 295 g/mol. The number of alkyl halides is 1. The van der Waals surface area contributed by atoms with Gasteiger partial charge in [-0.2, -0.15) is 0 Å². The molecule has 0 saturated heterocycles. The van der Waals surface area contributed by atoms with Crippen LogP contribution in [-0.4, -0.2) is 14.2 Å². The molecule has 20 heavy (non-hydrogen) atoms. The number of ether oxygens (including phenoxy) is 2. The van der Waals surface area contributed by atoms with Gasteiger partial charge in [-0.05, 0) is 36.2 Å². The molecule has 0 radical (unpaired) electrons. The molecule has 0 aliphatic heterocycles. The van der Waals surface area contributed by atoms with E-state index in [9.17, 15) is 4.39 Å². The zero-order valence-corrected chi connectivity index (χ0v) is 12.4. The largest absolute Gasteiger partial charge is 0.493 e. The summed E-state index contributed by atoms with van der Waals surface area (Å²) in [6, 6.07) is 10.4. The van der Waals surface area contributed by atoms with Crippen LogP contribution in [0.5, 0.6) is 11.5 Å². The second-order valence-corrected chi connectivity index (χ2v) is 4.94. The van der Waals surface area contributed by atoms with E-state index >= 15 is 0 Å². The summed E-state index contributed by atoms with van der Waals surface area (Å²) >= 11 is 6.38. The maximum absolute atomic E-state index is 14.0. The van der Waals surface area contributed by atoms with Crippen molar-refractivity contribution in [1.29, 1.82) is 0 Å². The number of aryl methyl sites for hydroxylation is 1. The minimum atomic E-state index is -0.574. The quantitative estimate of drug-likeness (QED) is 0.774. The van der Waals surface area contributed by atoms with Crippen molar-refractivity contribution < 1.29 is 13.9 Å². The second-order valence-electron chi connectivity index (χ2n) is 4.50. The molecule has 2 aromatic rings. The molecule has 1 unspecified atom stereocenters. The third kappa shape index (κ3) is 2.88. The molecule has 0 aliphatic rings. The Bertz CT molecular complexity index is 613. The van der Waals surface area contributed by atoms with Gasteiger partial charge in [0.05, 0.1) is 19.6 Å². The SMILES string of the molecule is COc1ccc(C(Cl)c2ccc(C)cc2F)cc1OC. The fourth-order valence-corrected chi connectivity index (χ4v) is 2.34. The van der Waals surface area contributed by atoms with Crippen molar-refractivity contribution in [3.63, 3.8) is 0 Å². The third-order valence-corrected chi connectivity index (χ3v) is 3.62. The molecule has 0 aliphatic carbocycles. The van der Waals surface area contributed by atoms with Gasteiger partial charge in [-0.25, -0.2) is 4.39 Å². The fourth-order valence-electron chi connectivity index (χ4n) is 2.03. The van der Waals surface area contributed by atoms with Gasteiger partial charge in [-0.15, -0.1) is 11.6 Å². The maximum Gasteiger partial charge on any atom is 0.161 e. The van der Waals surface area contributed by atoms with Crippen molar-refractivity contribution >= 4 is 11.6 Å². The highest BCUT2D eigenvalue weighted by molar-refractivity contribution is 6.22. The molecule has 4 heteroatoms. The summed E-state index contributed by atoms with van der Waals surface area (Å²) in [6.45, 7) is 1.84. The summed E-state index contributed by atoms with van der Waals surface area (Å²) in [6.07, 6.45) is 0. The van der Waals surface area contributed by atoms with Crippen LogP contribution in [0, 0.1) is 12.7 Å². The number of hydrogen-bond donors (Lipinski definition) is 0. The summed E-state index contributed by atoms with van der Waals surface area (Å²) in [7, 11) is 3.12. The van der Waals surface area contributed by atoms with E-state index < -0.39 is 5.38 Å². The van der Waals surface area contributed by atoms with Crippen LogP contribution < -0.4 is 9.47 Å². The van der Waals surface area contributed by atoms with Crippen molar-refractivity contribution in [2.45, 2.75) is 12.3 Å². The Labute approximate surface area is 123 Å². The predicted molar refractivity (Wildman–Crippen MR) is 78.4 cm³/mol. The molecule has 0 bridgehead atoms. The topological polar surface area (TPSA) is 18.5 Å². The van der Waals surface area contributed by atoms with Gasteiger partial charge in [-0.3, -0.25) is 0 Å². The molecule has 2 nitrogen and oxygen atoms in total. The monoisotopic (exact) mass is 294 g/mol. The van der Waals surface area contributed by atoms with Crippen molar-refractivity contribution in [3.05, 3.63) is 58.9 Å². The molecule has 0 amide bonds. The Hall–Kier alpha value is -1.74. The van der Waals surface area contributed by atoms with Crippen molar-refractivity contribution in [2.24, 2.45) is 0 Å². The van der Waals surface area contributed by atoms with E-state index in [4.69, 9.17) is 21.1 Å². The summed E-state index contributed by atoms with van der Waals surface area (Å²) in [4.78, 5) is 0. The molecule has 0 saturated carbocycles. The normalized spacial score (nSPS) is 12.1. The van der Waals surface area contributed by atoms with E-state index in [1.54, 1.807) is 38.5 Å². The van der Waals surface area contributed by atoms with Crippen molar-refractivity contribution in [1.82, 2.24) is 0 Å². The first-order valence-electron chi connectivity index (χ1n) is 6.19. The summed E-state index contributed by atoms with van der Waals surface area (Å²) < 4.78 is 24.4. The first kappa shape index (κ1) is 14.7. The Kier molecular flexibility index (Phi) is 4.50. The highest BCUT2D eigenvalue weighted by Crippen LogP contribution is 2.36. The molecule has 106 valence electrons. The molecule has 1 atom stereocenters. The smallest absolute Gasteiger partial charge is 0.161 e. The summed E-state index contributed by atoms with van der Waals surface area (Å²) in [5, 5.41) is -0.574. The highest BCUT2D eigenvalue weighted by Gasteiger charge is 2.17. The van der Waals surface area contributed by atoms with E-state index in [1.807, 2.05) is 13.0 Å². The summed E-state index contributed by atoms with van der Waals surface area (Å²) in [5.41, 5.74) is 2.07. The van der Waals surface area contributed by atoms with E-state index in [0.717, 1.165) is 11.1 Å². The molecule has 0 N–H and O–H groups in total. The minimum Gasteiger partial charge on any atom is -0.493 e. The maximum atomic E-state index is 14.0. The molecular formula is C16H16ClFO2. The Balaban J connectivity index is 2.40. The van der Waals surface area contributed by atoms with E-state index in [-0.39, 0.29) is 5.82 Å². The van der Waals surface area contributed by atoms with Gasteiger partial charge in [-0.1, -0.05) is 18.2 Å². The van der Waals surface area contributed by atoms with E-state index in [0.29, 0.717) is 17.1 Å².